The van der Waals surface area contributed by atoms with E-state index in [1.165, 1.54) is 16.2 Å². The first-order chi connectivity index (χ1) is 13.6. The predicted molar refractivity (Wildman–Crippen MR) is 113 cm³/mol. The van der Waals surface area contributed by atoms with Crippen molar-refractivity contribution in [3.63, 3.8) is 0 Å². The number of hydrogen-bond acceptors (Lipinski definition) is 5. The highest BCUT2D eigenvalue weighted by Gasteiger charge is 2.16. The van der Waals surface area contributed by atoms with Gasteiger partial charge in [-0.05, 0) is 42.6 Å². The van der Waals surface area contributed by atoms with Crippen LogP contribution < -0.4 is 10.6 Å². The lowest BCUT2D eigenvalue weighted by molar-refractivity contribution is 0.102. The highest BCUT2D eigenvalue weighted by molar-refractivity contribution is 7.15. The first kappa shape index (κ1) is 18.1. The maximum Gasteiger partial charge on any atom is 0.265 e. The third-order valence-corrected chi connectivity index (χ3v) is 5.89. The summed E-state index contributed by atoms with van der Waals surface area (Å²) in [4.78, 5) is 27.9. The van der Waals surface area contributed by atoms with Crippen LogP contribution in [0, 0.1) is 6.92 Å². The van der Waals surface area contributed by atoms with Crippen molar-refractivity contribution in [1.82, 2.24) is 10.2 Å². The van der Waals surface area contributed by atoms with E-state index in [1.807, 2.05) is 30.5 Å². The fraction of sp³-hybridized carbons (Fsp3) is 0.0500. The number of H-pyrrole nitrogens is 1. The van der Waals surface area contributed by atoms with Crippen LogP contribution in [0.2, 0.25) is 0 Å². The standard InChI is InChI=1S/C20H16N4O2S2/c1-12-8-9-16(28-12)15-11-18(24-23-15)22-19(25)13-5-2-3-6-14(13)21-20(26)17-7-4-10-27-17/h2-11H,1H3,(H,21,26)(H2,22,23,24,25). The Balaban J connectivity index is 1.51. The second-order valence-corrected chi connectivity index (χ2v) is 8.24. The molecule has 0 spiro atoms. The molecule has 4 aromatic rings. The molecule has 3 heterocycles. The van der Waals surface area contributed by atoms with Gasteiger partial charge in [0.05, 0.1) is 26.7 Å². The number of benzene rings is 1. The SMILES string of the molecule is Cc1ccc(-c2cc(NC(=O)c3ccccc3NC(=O)c3cccs3)n[nH]2)s1. The Kier molecular flexibility index (Phi) is 5.05. The van der Waals surface area contributed by atoms with Crippen LogP contribution in [0.3, 0.4) is 0 Å². The van der Waals surface area contributed by atoms with Gasteiger partial charge in [-0.2, -0.15) is 5.10 Å². The summed E-state index contributed by atoms with van der Waals surface area (Å²) in [5.41, 5.74) is 1.65. The maximum absolute atomic E-state index is 12.7. The zero-order valence-electron chi connectivity index (χ0n) is 14.9. The lowest BCUT2D eigenvalue weighted by atomic mass is 10.1. The third kappa shape index (κ3) is 3.88. The number of thiophene rings is 2. The first-order valence-corrected chi connectivity index (χ1v) is 10.2. The van der Waals surface area contributed by atoms with E-state index in [0.29, 0.717) is 21.9 Å². The van der Waals surface area contributed by atoms with Crippen molar-refractivity contribution >= 4 is 46.0 Å². The summed E-state index contributed by atoms with van der Waals surface area (Å²) < 4.78 is 0. The predicted octanol–water partition coefficient (Wildman–Crippen LogP) is 5.01. The summed E-state index contributed by atoms with van der Waals surface area (Å²) in [5.74, 6) is -0.168. The molecule has 140 valence electrons. The number of hydrogen-bond donors (Lipinski definition) is 3. The van der Waals surface area contributed by atoms with Gasteiger partial charge in [0.15, 0.2) is 5.82 Å². The minimum Gasteiger partial charge on any atom is -0.321 e. The largest absolute Gasteiger partial charge is 0.321 e. The molecule has 0 saturated carbocycles. The fourth-order valence-corrected chi connectivity index (χ4v) is 4.11. The number of aryl methyl sites for hydroxylation is 1. The van der Waals surface area contributed by atoms with Crippen LogP contribution in [-0.2, 0) is 0 Å². The smallest absolute Gasteiger partial charge is 0.265 e. The molecule has 0 fully saturated rings. The van der Waals surface area contributed by atoms with Gasteiger partial charge in [0.1, 0.15) is 0 Å². The normalized spacial score (nSPS) is 10.6. The van der Waals surface area contributed by atoms with E-state index in [-0.39, 0.29) is 11.8 Å². The summed E-state index contributed by atoms with van der Waals surface area (Å²) in [6, 6.07) is 16.3. The molecule has 6 nitrogen and oxygen atoms in total. The number of aromatic amines is 1. The first-order valence-electron chi connectivity index (χ1n) is 8.47. The molecule has 2 amide bonds. The van der Waals surface area contributed by atoms with E-state index in [1.54, 1.807) is 47.7 Å². The maximum atomic E-state index is 12.7. The molecule has 0 bridgehead atoms. The number of nitrogens with one attached hydrogen (secondary N) is 3. The van der Waals surface area contributed by atoms with Crippen LogP contribution in [0.5, 0.6) is 0 Å². The number of para-hydroxylation sites is 1. The van der Waals surface area contributed by atoms with E-state index in [9.17, 15) is 9.59 Å². The van der Waals surface area contributed by atoms with Gasteiger partial charge >= 0.3 is 0 Å². The molecular formula is C20H16N4O2S2. The average molecular weight is 409 g/mol. The topological polar surface area (TPSA) is 86.9 Å². The second kappa shape index (κ2) is 7.79. The van der Waals surface area contributed by atoms with E-state index in [4.69, 9.17) is 0 Å². The van der Waals surface area contributed by atoms with Gasteiger partial charge in [-0.25, -0.2) is 0 Å². The molecule has 1 aromatic carbocycles. The molecule has 28 heavy (non-hydrogen) atoms. The second-order valence-electron chi connectivity index (χ2n) is 6.01. The Morgan fingerprint density at radius 2 is 1.86 bits per heavy atom. The van der Waals surface area contributed by atoms with Crippen molar-refractivity contribution in [2.45, 2.75) is 6.92 Å². The van der Waals surface area contributed by atoms with Crippen molar-refractivity contribution in [2.24, 2.45) is 0 Å². The third-order valence-electron chi connectivity index (χ3n) is 3.99. The molecule has 0 radical (unpaired) electrons. The lowest BCUT2D eigenvalue weighted by Crippen LogP contribution is -2.17. The highest BCUT2D eigenvalue weighted by atomic mass is 32.1. The minimum absolute atomic E-state index is 0.245. The van der Waals surface area contributed by atoms with E-state index in [2.05, 4.69) is 20.8 Å². The van der Waals surface area contributed by atoms with Gasteiger partial charge in [0.2, 0.25) is 0 Å². The summed E-state index contributed by atoms with van der Waals surface area (Å²) in [5, 5.41) is 14.5. The van der Waals surface area contributed by atoms with Crippen molar-refractivity contribution in [1.29, 1.82) is 0 Å². The summed E-state index contributed by atoms with van der Waals surface area (Å²) in [6.45, 7) is 2.04. The Morgan fingerprint density at radius 3 is 2.61 bits per heavy atom. The quantitative estimate of drug-likeness (QED) is 0.434. The Bertz CT molecular complexity index is 1130. The Morgan fingerprint density at radius 1 is 1.00 bits per heavy atom. The molecule has 0 saturated heterocycles. The van der Waals surface area contributed by atoms with Gasteiger partial charge in [0, 0.05) is 10.9 Å². The van der Waals surface area contributed by atoms with Crippen molar-refractivity contribution in [3.8, 4) is 10.6 Å². The van der Waals surface area contributed by atoms with Gasteiger partial charge < -0.3 is 10.6 Å². The summed E-state index contributed by atoms with van der Waals surface area (Å²) in [6.07, 6.45) is 0. The van der Waals surface area contributed by atoms with E-state index in [0.717, 1.165) is 10.6 Å². The molecule has 8 heteroatoms. The molecule has 4 rings (SSSR count). The minimum atomic E-state index is -0.345. The molecule has 3 aromatic heterocycles. The van der Waals surface area contributed by atoms with E-state index >= 15 is 0 Å². The highest BCUT2D eigenvalue weighted by Crippen LogP contribution is 2.27. The van der Waals surface area contributed by atoms with Crippen molar-refractivity contribution in [2.75, 3.05) is 10.6 Å². The number of amides is 2. The van der Waals surface area contributed by atoms with Gasteiger partial charge in [-0.15, -0.1) is 22.7 Å². The number of carbonyl (C=O) groups excluding carboxylic acids is 2. The molecule has 0 aliphatic heterocycles. The van der Waals surface area contributed by atoms with Crippen LogP contribution in [-0.4, -0.2) is 22.0 Å². The number of carbonyl (C=O) groups is 2. The Labute approximate surface area is 169 Å². The fourth-order valence-electron chi connectivity index (χ4n) is 2.66. The molecular weight excluding hydrogens is 392 g/mol. The van der Waals surface area contributed by atoms with E-state index < -0.39 is 0 Å². The monoisotopic (exact) mass is 408 g/mol. The molecule has 0 atom stereocenters. The van der Waals surface area contributed by atoms with Gasteiger partial charge in [-0.1, -0.05) is 18.2 Å². The molecule has 0 aliphatic rings. The van der Waals surface area contributed by atoms with Crippen LogP contribution in [0.4, 0.5) is 11.5 Å². The van der Waals surface area contributed by atoms with Crippen LogP contribution in [0.25, 0.3) is 10.6 Å². The molecule has 3 N–H and O–H groups in total. The summed E-state index contributed by atoms with van der Waals surface area (Å²) >= 11 is 2.99. The lowest BCUT2D eigenvalue weighted by Gasteiger charge is -2.09. The van der Waals surface area contributed by atoms with Gasteiger partial charge in [-0.3, -0.25) is 14.7 Å². The number of nitrogens with zero attached hydrogens (tertiary/aromatic N) is 1. The number of rotatable bonds is 5. The zero-order chi connectivity index (χ0) is 19.5. The van der Waals surface area contributed by atoms with Crippen LogP contribution >= 0.6 is 22.7 Å². The summed E-state index contributed by atoms with van der Waals surface area (Å²) in [7, 11) is 0. The van der Waals surface area contributed by atoms with Crippen molar-refractivity contribution in [3.05, 3.63) is 75.3 Å². The number of anilines is 2. The number of aromatic nitrogens is 2. The van der Waals surface area contributed by atoms with Crippen molar-refractivity contribution < 1.29 is 9.59 Å². The molecule has 0 aliphatic carbocycles. The average Bonchev–Trinajstić information content (AvgIpc) is 3.43. The van der Waals surface area contributed by atoms with Crippen LogP contribution in [0.15, 0.2) is 60.0 Å². The Hall–Kier alpha value is -3.23. The zero-order valence-corrected chi connectivity index (χ0v) is 16.5. The van der Waals surface area contributed by atoms with Crippen LogP contribution in [0.1, 0.15) is 24.9 Å². The van der Waals surface area contributed by atoms with Gasteiger partial charge in [0.25, 0.3) is 11.8 Å². The molecule has 0 unspecified atom stereocenters.